The molecule has 0 saturated carbocycles. The maximum Gasteiger partial charge on any atom is 0.237 e. The third-order valence-electron chi connectivity index (χ3n) is 4.50. The number of nitrogens with one attached hydrogen (secondary N) is 1. The van der Waals surface area contributed by atoms with Crippen LogP contribution in [0.25, 0.3) is 11.3 Å². The lowest BCUT2D eigenvalue weighted by molar-refractivity contribution is -0.130. The van der Waals surface area contributed by atoms with E-state index in [1.165, 1.54) is 0 Å². The molecule has 6 nitrogen and oxygen atoms in total. The van der Waals surface area contributed by atoms with Crippen LogP contribution in [0.5, 0.6) is 0 Å². The first kappa shape index (κ1) is 17.2. The molecular weight excluding hydrogens is 314 g/mol. The summed E-state index contributed by atoms with van der Waals surface area (Å²) >= 11 is 0. The Morgan fingerprint density at radius 2 is 2.20 bits per heavy atom. The average Bonchev–Trinajstić information content (AvgIpc) is 3.29. The first-order valence-electron chi connectivity index (χ1n) is 8.68. The number of aromatic nitrogens is 2. The Labute approximate surface area is 148 Å². The van der Waals surface area contributed by atoms with Crippen LogP contribution in [-0.4, -0.2) is 45.8 Å². The number of carbonyl (C=O) groups excluding carboxylic acids is 1. The number of likely N-dealkylation sites (tertiary alicyclic amines) is 1. The second-order valence-electron chi connectivity index (χ2n) is 6.45. The normalized spacial score (nSPS) is 18.1. The summed E-state index contributed by atoms with van der Waals surface area (Å²) in [7, 11) is 0. The number of amides is 1. The molecule has 0 bridgehead atoms. The molecule has 1 N–H and O–H groups in total. The van der Waals surface area contributed by atoms with Crippen molar-refractivity contribution in [2.45, 2.75) is 38.4 Å². The van der Waals surface area contributed by atoms with Crippen LogP contribution in [0.3, 0.4) is 0 Å². The van der Waals surface area contributed by atoms with E-state index in [1.807, 2.05) is 54.2 Å². The van der Waals surface area contributed by atoms with Crippen LogP contribution in [-0.2, 0) is 11.3 Å². The van der Waals surface area contributed by atoms with Gasteiger partial charge in [-0.15, -0.1) is 0 Å². The number of rotatable bonds is 6. The van der Waals surface area contributed by atoms with E-state index in [9.17, 15) is 4.79 Å². The van der Waals surface area contributed by atoms with E-state index in [-0.39, 0.29) is 24.5 Å². The van der Waals surface area contributed by atoms with Gasteiger partial charge in [0.15, 0.2) is 0 Å². The lowest BCUT2D eigenvalue weighted by atomic mass is 10.2. The molecule has 3 rings (SSSR count). The number of nitriles is 1. The molecule has 2 aromatic rings. The van der Waals surface area contributed by atoms with Crippen LogP contribution >= 0.6 is 0 Å². The zero-order valence-electron chi connectivity index (χ0n) is 14.4. The molecule has 25 heavy (non-hydrogen) atoms. The van der Waals surface area contributed by atoms with Gasteiger partial charge >= 0.3 is 0 Å². The molecule has 1 fully saturated rings. The Bertz CT molecular complexity index is 749. The minimum Gasteiger partial charge on any atom is -0.326 e. The van der Waals surface area contributed by atoms with Gasteiger partial charge in [-0.2, -0.15) is 10.4 Å². The first-order valence-corrected chi connectivity index (χ1v) is 8.68. The summed E-state index contributed by atoms with van der Waals surface area (Å²) in [5, 5.41) is 16.9. The highest BCUT2D eigenvalue weighted by Crippen LogP contribution is 2.17. The minimum absolute atomic E-state index is 0.00124. The van der Waals surface area contributed by atoms with Crippen molar-refractivity contribution in [3.63, 3.8) is 0 Å². The molecule has 0 aliphatic carbocycles. The second kappa shape index (κ2) is 7.95. The van der Waals surface area contributed by atoms with E-state index >= 15 is 0 Å². The van der Waals surface area contributed by atoms with Gasteiger partial charge in [0, 0.05) is 24.3 Å². The summed E-state index contributed by atoms with van der Waals surface area (Å²) in [6.07, 6.45) is 3.65. The van der Waals surface area contributed by atoms with Crippen molar-refractivity contribution >= 4 is 5.91 Å². The van der Waals surface area contributed by atoms with E-state index in [0.29, 0.717) is 13.1 Å². The predicted molar refractivity (Wildman–Crippen MR) is 95.5 cm³/mol. The monoisotopic (exact) mass is 337 g/mol. The standard InChI is InChI=1S/C19H23N5O/c1-15(21-13-19(25)24-10-5-8-17(24)12-20)14-23-11-9-18(22-23)16-6-3-2-4-7-16/h2-4,6-7,9,11,15,17,21H,5,8,10,13-14H2,1H3/t15-,17-/m0/s1. The maximum atomic E-state index is 12.3. The van der Waals surface area contributed by atoms with Crippen LogP contribution in [0.15, 0.2) is 42.6 Å². The van der Waals surface area contributed by atoms with E-state index in [0.717, 1.165) is 24.1 Å². The number of benzene rings is 1. The maximum absolute atomic E-state index is 12.3. The van der Waals surface area contributed by atoms with Gasteiger partial charge in [0.2, 0.25) is 5.91 Å². The lowest BCUT2D eigenvalue weighted by Crippen LogP contribution is -2.43. The van der Waals surface area contributed by atoms with Crippen molar-refractivity contribution in [2.24, 2.45) is 0 Å². The molecule has 2 heterocycles. The molecule has 130 valence electrons. The fourth-order valence-electron chi connectivity index (χ4n) is 3.13. The average molecular weight is 337 g/mol. The molecule has 0 unspecified atom stereocenters. The Balaban J connectivity index is 1.50. The van der Waals surface area contributed by atoms with Crippen molar-refractivity contribution in [2.75, 3.05) is 13.1 Å². The summed E-state index contributed by atoms with van der Waals surface area (Å²) in [5.74, 6) is 0.00124. The Morgan fingerprint density at radius 1 is 1.40 bits per heavy atom. The number of nitrogens with zero attached hydrogens (tertiary/aromatic N) is 4. The highest BCUT2D eigenvalue weighted by Gasteiger charge is 2.28. The third kappa shape index (κ3) is 4.25. The molecular formula is C19H23N5O. The number of hydrogen-bond donors (Lipinski definition) is 1. The molecule has 1 aromatic heterocycles. The van der Waals surface area contributed by atoms with E-state index in [4.69, 9.17) is 5.26 Å². The molecule has 6 heteroatoms. The molecule has 0 spiro atoms. The SMILES string of the molecule is C[C@@H](Cn1ccc(-c2ccccc2)n1)NCC(=O)N1CCC[C@H]1C#N. The molecule has 2 atom stereocenters. The van der Waals surface area contributed by atoms with E-state index in [1.54, 1.807) is 4.90 Å². The van der Waals surface area contributed by atoms with Crippen LogP contribution in [0.2, 0.25) is 0 Å². The third-order valence-corrected chi connectivity index (χ3v) is 4.50. The summed E-state index contributed by atoms with van der Waals surface area (Å²) in [6.45, 7) is 3.66. The van der Waals surface area contributed by atoms with Gasteiger partial charge in [-0.1, -0.05) is 30.3 Å². The second-order valence-corrected chi connectivity index (χ2v) is 6.45. The topological polar surface area (TPSA) is 74.0 Å². The summed E-state index contributed by atoms with van der Waals surface area (Å²) in [5.41, 5.74) is 2.03. The van der Waals surface area contributed by atoms with Gasteiger partial charge in [-0.25, -0.2) is 0 Å². The molecule has 1 aliphatic rings. The van der Waals surface area contributed by atoms with E-state index in [2.05, 4.69) is 16.5 Å². The zero-order valence-corrected chi connectivity index (χ0v) is 14.4. The molecule has 1 aromatic carbocycles. The molecule has 1 aliphatic heterocycles. The highest BCUT2D eigenvalue weighted by atomic mass is 16.2. The summed E-state index contributed by atoms with van der Waals surface area (Å²) in [6, 6.07) is 14.1. The Kier molecular flexibility index (Phi) is 5.46. The van der Waals surface area contributed by atoms with Crippen molar-refractivity contribution in [3.05, 3.63) is 42.6 Å². The molecule has 0 radical (unpaired) electrons. The lowest BCUT2D eigenvalue weighted by Gasteiger charge is -2.21. The van der Waals surface area contributed by atoms with Gasteiger partial charge in [-0.3, -0.25) is 9.48 Å². The predicted octanol–water partition coefficient (Wildman–Crippen LogP) is 2.04. The largest absolute Gasteiger partial charge is 0.326 e. The van der Waals surface area contributed by atoms with Gasteiger partial charge in [0.05, 0.1) is 24.9 Å². The highest BCUT2D eigenvalue weighted by molar-refractivity contribution is 5.79. The van der Waals surface area contributed by atoms with Crippen LogP contribution < -0.4 is 5.32 Å². The fraction of sp³-hybridized carbons (Fsp3) is 0.421. The summed E-state index contributed by atoms with van der Waals surface area (Å²) < 4.78 is 1.89. The van der Waals surface area contributed by atoms with E-state index < -0.39 is 0 Å². The number of hydrogen-bond acceptors (Lipinski definition) is 4. The molecule has 1 saturated heterocycles. The number of carbonyl (C=O) groups is 1. The smallest absolute Gasteiger partial charge is 0.237 e. The van der Waals surface area contributed by atoms with Crippen molar-refractivity contribution in [1.29, 1.82) is 5.26 Å². The zero-order chi connectivity index (χ0) is 17.6. The van der Waals surface area contributed by atoms with Crippen LogP contribution in [0, 0.1) is 11.3 Å². The van der Waals surface area contributed by atoms with Crippen molar-refractivity contribution < 1.29 is 4.79 Å². The van der Waals surface area contributed by atoms with Crippen molar-refractivity contribution in [3.8, 4) is 17.3 Å². The Hall–Kier alpha value is -2.65. The van der Waals surface area contributed by atoms with Gasteiger partial charge in [0.1, 0.15) is 6.04 Å². The Morgan fingerprint density at radius 3 is 2.96 bits per heavy atom. The van der Waals surface area contributed by atoms with Crippen LogP contribution in [0.4, 0.5) is 0 Å². The van der Waals surface area contributed by atoms with Gasteiger partial charge in [0.25, 0.3) is 0 Å². The first-order chi connectivity index (χ1) is 12.2. The quantitative estimate of drug-likeness (QED) is 0.875. The van der Waals surface area contributed by atoms with Gasteiger partial charge in [-0.05, 0) is 25.8 Å². The van der Waals surface area contributed by atoms with Crippen LogP contribution in [0.1, 0.15) is 19.8 Å². The van der Waals surface area contributed by atoms with Crippen molar-refractivity contribution in [1.82, 2.24) is 20.0 Å². The molecule has 1 amide bonds. The summed E-state index contributed by atoms with van der Waals surface area (Å²) in [4.78, 5) is 13.9. The minimum atomic E-state index is -0.260. The fourth-order valence-corrected chi connectivity index (χ4v) is 3.13. The van der Waals surface area contributed by atoms with Gasteiger partial charge < -0.3 is 10.2 Å².